The third-order valence-corrected chi connectivity index (χ3v) is 8.81. The van der Waals surface area contributed by atoms with E-state index in [4.69, 9.17) is 9.47 Å². The molecule has 2 fully saturated rings. The molecule has 1 aliphatic carbocycles. The summed E-state index contributed by atoms with van der Waals surface area (Å²) in [6.07, 6.45) is 5.94. The van der Waals surface area contributed by atoms with Crippen LogP contribution in [0.3, 0.4) is 0 Å². The van der Waals surface area contributed by atoms with Crippen molar-refractivity contribution in [2.75, 3.05) is 14.2 Å². The summed E-state index contributed by atoms with van der Waals surface area (Å²) in [5.74, 6) is 1.55. The zero-order chi connectivity index (χ0) is 26.7. The predicted molar refractivity (Wildman–Crippen MR) is 149 cm³/mol. The van der Waals surface area contributed by atoms with Crippen LogP contribution in [-0.2, 0) is 10.0 Å². The Kier molecular flexibility index (Phi) is 7.72. The van der Waals surface area contributed by atoms with Gasteiger partial charge in [-0.25, -0.2) is 0 Å². The van der Waals surface area contributed by atoms with Gasteiger partial charge in [0.1, 0.15) is 11.5 Å². The largest absolute Gasteiger partial charge is 0.497 e. The molecule has 3 aromatic carbocycles. The fourth-order valence-corrected chi connectivity index (χ4v) is 6.29. The van der Waals surface area contributed by atoms with Crippen molar-refractivity contribution in [3.05, 3.63) is 89.5 Å². The molecular weight excluding hydrogens is 498 g/mol. The Morgan fingerprint density at radius 1 is 0.842 bits per heavy atom. The molecule has 0 spiro atoms. The molecule has 1 aliphatic heterocycles. The Balaban J connectivity index is 1.53. The van der Waals surface area contributed by atoms with E-state index in [9.17, 15) is 8.42 Å². The molecular formula is C30H35N3O4S. The number of aryl methyl sites for hydroxylation is 1. The fourth-order valence-electron chi connectivity index (χ4n) is 5.47. The van der Waals surface area contributed by atoms with Gasteiger partial charge in [-0.2, -0.15) is 18.4 Å². The molecule has 1 unspecified atom stereocenters. The molecule has 38 heavy (non-hydrogen) atoms. The van der Waals surface area contributed by atoms with Crippen LogP contribution >= 0.6 is 0 Å². The van der Waals surface area contributed by atoms with Crippen LogP contribution in [0.2, 0.25) is 0 Å². The summed E-state index contributed by atoms with van der Waals surface area (Å²) >= 11 is 0. The normalized spacial score (nSPS) is 22.1. The van der Waals surface area contributed by atoms with Crippen molar-refractivity contribution in [2.24, 2.45) is 5.10 Å². The maximum Gasteiger partial charge on any atom is 0.276 e. The number of hydrogen-bond acceptors (Lipinski definition) is 6. The Morgan fingerprint density at radius 3 is 2.00 bits per heavy atom. The smallest absolute Gasteiger partial charge is 0.276 e. The van der Waals surface area contributed by atoms with Gasteiger partial charge < -0.3 is 9.47 Å². The van der Waals surface area contributed by atoms with Gasteiger partial charge in [0, 0.05) is 6.04 Å². The Morgan fingerprint density at radius 2 is 1.42 bits per heavy atom. The number of hydrogen-bond donors (Lipinski definition) is 1. The van der Waals surface area contributed by atoms with E-state index in [1.54, 1.807) is 38.5 Å². The van der Waals surface area contributed by atoms with Crippen LogP contribution in [0.5, 0.6) is 11.5 Å². The molecule has 8 heteroatoms. The highest BCUT2D eigenvalue weighted by Gasteiger charge is 2.55. The molecule has 7 nitrogen and oxygen atoms in total. The summed E-state index contributed by atoms with van der Waals surface area (Å²) in [4.78, 5) is 5.23. The van der Waals surface area contributed by atoms with Crippen molar-refractivity contribution in [2.45, 2.75) is 62.0 Å². The number of sulfonamides is 1. The second-order valence-corrected chi connectivity index (χ2v) is 11.7. The van der Waals surface area contributed by atoms with Gasteiger partial charge in [0.05, 0.1) is 36.9 Å². The molecule has 1 heterocycles. The van der Waals surface area contributed by atoms with Crippen LogP contribution in [0.1, 0.15) is 54.8 Å². The standard InChI is InChI=1S/C30H35N3O4S/c1-21-9-19-27(20-10-21)38(34,35)32-31-28(22-11-15-25(36-2)16-12-22)30-29(23-13-17-26(37-3)18-14-23)33(30)24-7-5-4-6-8-24/h9-20,24,29-30,32H,4-8H2,1-3H3/b31-28-/t29-,30+,33?/m0/s1. The van der Waals surface area contributed by atoms with E-state index in [1.807, 2.05) is 43.3 Å². The van der Waals surface area contributed by atoms with Crippen molar-refractivity contribution in [3.63, 3.8) is 0 Å². The van der Waals surface area contributed by atoms with E-state index >= 15 is 0 Å². The van der Waals surface area contributed by atoms with Gasteiger partial charge in [0.25, 0.3) is 10.0 Å². The van der Waals surface area contributed by atoms with Crippen molar-refractivity contribution < 1.29 is 17.9 Å². The Hall–Kier alpha value is -3.36. The first-order valence-electron chi connectivity index (χ1n) is 13.1. The fraction of sp³-hybridized carbons (Fsp3) is 0.367. The summed E-state index contributed by atoms with van der Waals surface area (Å²) in [6.45, 7) is 1.93. The van der Waals surface area contributed by atoms with Crippen LogP contribution in [0.25, 0.3) is 0 Å². The first-order valence-corrected chi connectivity index (χ1v) is 14.6. The number of nitrogens with zero attached hydrogens (tertiary/aromatic N) is 2. The van der Waals surface area contributed by atoms with Crippen molar-refractivity contribution >= 4 is 15.7 Å². The number of benzene rings is 3. The SMILES string of the molecule is COc1ccc(/C(=N/NS(=O)(=O)c2ccc(C)cc2)[C@@H]2[C@H](c3ccc(OC)cc3)N2C2CCCCC2)cc1. The summed E-state index contributed by atoms with van der Waals surface area (Å²) in [6, 6.07) is 23.1. The second-order valence-electron chi connectivity index (χ2n) is 10.0. The van der Waals surface area contributed by atoms with Crippen molar-refractivity contribution in [1.82, 2.24) is 9.73 Å². The van der Waals surface area contributed by atoms with E-state index in [0.29, 0.717) is 11.8 Å². The second kappa shape index (κ2) is 11.2. The van der Waals surface area contributed by atoms with Crippen molar-refractivity contribution in [1.29, 1.82) is 0 Å². The number of hydrazone groups is 1. The van der Waals surface area contributed by atoms with Gasteiger partial charge in [-0.15, -0.1) is 0 Å². The molecule has 3 aromatic rings. The van der Waals surface area contributed by atoms with Gasteiger partial charge in [-0.05, 0) is 79.4 Å². The van der Waals surface area contributed by atoms with E-state index in [-0.39, 0.29) is 17.0 Å². The molecule has 1 saturated carbocycles. The summed E-state index contributed by atoms with van der Waals surface area (Å²) in [5.41, 5.74) is 3.73. The quantitative estimate of drug-likeness (QED) is 0.225. The monoisotopic (exact) mass is 533 g/mol. The summed E-state index contributed by atoms with van der Waals surface area (Å²) in [5, 5.41) is 4.61. The zero-order valence-electron chi connectivity index (χ0n) is 22.1. The summed E-state index contributed by atoms with van der Waals surface area (Å²) in [7, 11) is -0.535. The van der Waals surface area contributed by atoms with E-state index < -0.39 is 10.0 Å². The maximum atomic E-state index is 13.2. The number of ether oxygens (including phenoxy) is 2. The Labute approximate surface area is 225 Å². The zero-order valence-corrected chi connectivity index (χ0v) is 22.9. The molecule has 1 saturated heterocycles. The van der Waals surface area contributed by atoms with Crippen LogP contribution in [0.4, 0.5) is 0 Å². The molecule has 0 amide bonds. The number of nitrogens with one attached hydrogen (secondary N) is 1. The van der Waals surface area contributed by atoms with Gasteiger partial charge in [0.15, 0.2) is 0 Å². The van der Waals surface area contributed by atoms with Crippen LogP contribution in [-0.4, -0.2) is 45.3 Å². The minimum absolute atomic E-state index is 0.0550. The van der Waals surface area contributed by atoms with Gasteiger partial charge in [-0.1, -0.05) is 49.1 Å². The molecule has 3 atom stereocenters. The lowest BCUT2D eigenvalue weighted by atomic mass is 9.95. The lowest BCUT2D eigenvalue weighted by Gasteiger charge is -2.24. The average molecular weight is 534 g/mol. The molecule has 0 bridgehead atoms. The molecule has 2 aliphatic rings. The third kappa shape index (κ3) is 5.56. The van der Waals surface area contributed by atoms with Crippen LogP contribution < -0.4 is 14.3 Å². The van der Waals surface area contributed by atoms with Crippen LogP contribution in [0.15, 0.2) is 82.8 Å². The highest BCUT2D eigenvalue weighted by atomic mass is 32.2. The third-order valence-electron chi connectivity index (χ3n) is 7.59. The molecule has 200 valence electrons. The minimum Gasteiger partial charge on any atom is -0.497 e. The van der Waals surface area contributed by atoms with Gasteiger partial charge >= 0.3 is 0 Å². The predicted octanol–water partition coefficient (Wildman–Crippen LogP) is 5.45. The Bertz CT molecular complexity index is 1360. The highest BCUT2D eigenvalue weighted by Crippen LogP contribution is 2.49. The van der Waals surface area contributed by atoms with Crippen LogP contribution in [0, 0.1) is 6.92 Å². The number of rotatable bonds is 9. The van der Waals surface area contributed by atoms with Gasteiger partial charge in [-0.3, -0.25) is 4.90 Å². The maximum absolute atomic E-state index is 13.2. The first-order chi connectivity index (χ1) is 18.4. The lowest BCUT2D eigenvalue weighted by Crippen LogP contribution is -2.28. The molecule has 1 N–H and O–H groups in total. The van der Waals surface area contributed by atoms with E-state index in [0.717, 1.165) is 35.5 Å². The molecule has 0 aromatic heterocycles. The summed E-state index contributed by atoms with van der Waals surface area (Å²) < 4.78 is 37.1. The van der Waals surface area contributed by atoms with E-state index in [2.05, 4.69) is 27.0 Å². The van der Waals surface area contributed by atoms with Crippen molar-refractivity contribution in [3.8, 4) is 11.5 Å². The average Bonchev–Trinajstić information content (AvgIpc) is 3.69. The first kappa shape index (κ1) is 26.3. The molecule has 0 radical (unpaired) electrons. The van der Waals surface area contributed by atoms with Gasteiger partial charge in [0.2, 0.25) is 0 Å². The topological polar surface area (TPSA) is 80.0 Å². The number of methoxy groups -OCH3 is 2. The van der Waals surface area contributed by atoms with E-state index in [1.165, 1.54) is 24.8 Å². The highest BCUT2D eigenvalue weighted by molar-refractivity contribution is 7.89. The molecule has 5 rings (SSSR count). The minimum atomic E-state index is -3.83. The lowest BCUT2D eigenvalue weighted by molar-refractivity contribution is 0.277.